The van der Waals surface area contributed by atoms with E-state index in [1.54, 1.807) is 53.5 Å². The maximum Gasteiger partial charge on any atom is 0.490 e. The Morgan fingerprint density at radius 3 is 2.54 bits per heavy atom. The second-order valence-electron chi connectivity index (χ2n) is 8.46. The summed E-state index contributed by atoms with van der Waals surface area (Å²) in [4.78, 5) is 26.2. The fraction of sp³-hybridized carbons (Fsp3) is 0.250. The summed E-state index contributed by atoms with van der Waals surface area (Å²) in [6.45, 7) is 1.90. The number of nitriles is 1. The predicted molar refractivity (Wildman–Crippen MR) is 133 cm³/mol. The summed E-state index contributed by atoms with van der Waals surface area (Å²) in [7, 11) is -1.52. The van der Waals surface area contributed by atoms with Gasteiger partial charge in [-0.1, -0.05) is 12.1 Å². The Bertz CT molecular complexity index is 1420. The normalized spacial score (nSPS) is 19.6. The Kier molecular flexibility index (Phi) is 8.56. The highest BCUT2D eigenvalue weighted by atomic mass is 32.3. The molecule has 1 aromatic heterocycles. The molecule has 15 heteroatoms. The van der Waals surface area contributed by atoms with Crippen molar-refractivity contribution in [2.24, 2.45) is 7.05 Å². The minimum Gasteiger partial charge on any atom is -0.475 e. The molecule has 4 rings (SSSR count). The Balaban J connectivity index is 0.000000532. The van der Waals surface area contributed by atoms with Crippen LogP contribution in [0.3, 0.4) is 0 Å². The van der Waals surface area contributed by atoms with Crippen LogP contribution in [-0.4, -0.2) is 48.4 Å². The molecule has 1 aliphatic heterocycles. The number of carboxylic acids is 1. The fourth-order valence-corrected chi connectivity index (χ4v) is 4.81. The Labute approximate surface area is 222 Å². The van der Waals surface area contributed by atoms with Crippen LogP contribution in [0.1, 0.15) is 30.2 Å². The van der Waals surface area contributed by atoms with Gasteiger partial charge >= 0.3 is 12.1 Å². The van der Waals surface area contributed by atoms with E-state index in [4.69, 9.17) is 14.6 Å². The summed E-state index contributed by atoms with van der Waals surface area (Å²) in [6, 6.07) is 13.6. The first-order chi connectivity index (χ1) is 18.2. The first kappa shape index (κ1) is 29.5. The number of fused-ring (bicyclic) bond motifs is 4. The van der Waals surface area contributed by atoms with Gasteiger partial charge in [-0.15, -0.1) is 10.8 Å². The van der Waals surface area contributed by atoms with E-state index in [1.807, 2.05) is 14.0 Å². The number of alkyl halides is 3. The molecule has 3 aromatic rings. The minimum absolute atomic E-state index is 0.0165. The molecule has 208 valence electrons. The molecule has 11 nitrogen and oxygen atoms in total. The van der Waals surface area contributed by atoms with Crippen molar-refractivity contribution in [3.05, 3.63) is 71.8 Å². The second-order valence-corrected chi connectivity index (χ2v) is 10.3. The Hall–Kier alpha value is -4.10. The third-order valence-corrected chi connectivity index (χ3v) is 7.18. The second kappa shape index (κ2) is 11.3. The highest BCUT2D eigenvalue weighted by Gasteiger charge is 2.38. The number of nitrogens with zero attached hydrogens (tertiary/aromatic N) is 3. The summed E-state index contributed by atoms with van der Waals surface area (Å²) in [5, 5.41) is 19.8. The van der Waals surface area contributed by atoms with Gasteiger partial charge < -0.3 is 19.7 Å². The molecule has 0 radical (unpaired) electrons. The predicted octanol–water partition coefficient (Wildman–Crippen LogP) is 4.11. The lowest BCUT2D eigenvalue weighted by molar-refractivity contribution is -0.192. The van der Waals surface area contributed by atoms with Gasteiger partial charge in [0.15, 0.2) is 0 Å². The van der Waals surface area contributed by atoms with Crippen LogP contribution in [0.15, 0.2) is 59.9 Å². The van der Waals surface area contributed by atoms with Gasteiger partial charge in [-0.2, -0.15) is 18.4 Å². The Morgan fingerprint density at radius 1 is 1.26 bits per heavy atom. The van der Waals surface area contributed by atoms with Crippen molar-refractivity contribution in [3.8, 4) is 17.6 Å². The number of nitrogens with one attached hydrogen (secondary N) is 2. The highest BCUT2D eigenvalue weighted by molar-refractivity contribution is 8.22. The molecule has 4 bridgehead atoms. The lowest BCUT2D eigenvalue weighted by atomic mass is 9.87. The van der Waals surface area contributed by atoms with E-state index in [-0.39, 0.29) is 29.5 Å². The highest BCUT2D eigenvalue weighted by Crippen LogP contribution is 2.45. The van der Waals surface area contributed by atoms with Gasteiger partial charge in [-0.05, 0) is 36.8 Å². The van der Waals surface area contributed by atoms with Crippen LogP contribution < -0.4 is 14.8 Å². The topological polar surface area (TPSA) is 170 Å². The van der Waals surface area contributed by atoms with Crippen molar-refractivity contribution in [2.75, 3.05) is 6.54 Å². The molecule has 0 spiro atoms. The zero-order valence-corrected chi connectivity index (χ0v) is 21.4. The molecule has 39 heavy (non-hydrogen) atoms. The lowest BCUT2D eigenvalue weighted by Gasteiger charge is -2.35. The van der Waals surface area contributed by atoms with Crippen LogP contribution in [0.25, 0.3) is 0 Å². The summed E-state index contributed by atoms with van der Waals surface area (Å²) in [6.07, 6.45) is -1.76. The summed E-state index contributed by atoms with van der Waals surface area (Å²) < 4.78 is 63.3. The average Bonchev–Trinajstić information content (AvgIpc) is 3.30. The van der Waals surface area contributed by atoms with Crippen LogP contribution in [-0.2, 0) is 22.2 Å². The van der Waals surface area contributed by atoms with E-state index in [9.17, 15) is 32.3 Å². The third kappa shape index (κ3) is 6.86. The van der Waals surface area contributed by atoms with Crippen LogP contribution in [0.2, 0.25) is 0 Å². The molecule has 2 aromatic carbocycles. The number of ether oxygens (including phenoxy) is 1. The van der Waals surface area contributed by atoms with Gasteiger partial charge in [0.1, 0.15) is 23.1 Å². The monoisotopic (exact) mass is 567 g/mol. The maximum absolute atomic E-state index is 12.9. The van der Waals surface area contributed by atoms with Crippen molar-refractivity contribution in [1.29, 1.82) is 5.26 Å². The number of carboxylic acid groups (broad SMARTS) is 1. The number of aliphatic carboxylic acids is 1. The molecule has 0 aliphatic carbocycles. The number of benzene rings is 2. The Morgan fingerprint density at radius 2 is 1.95 bits per heavy atom. The number of carbonyl (C=O) groups excluding carboxylic acids is 1. The van der Waals surface area contributed by atoms with Gasteiger partial charge in [0.2, 0.25) is 5.91 Å². The summed E-state index contributed by atoms with van der Waals surface area (Å²) in [5.41, 5.74) is 0.749. The van der Waals surface area contributed by atoms with E-state index in [0.717, 1.165) is 5.69 Å². The smallest absolute Gasteiger partial charge is 0.475 e. The number of imidazole rings is 1. The summed E-state index contributed by atoms with van der Waals surface area (Å²) >= 11 is 0. The number of hydrogen-bond donors (Lipinski definition) is 5. The zero-order chi connectivity index (χ0) is 29.0. The minimum atomic E-state index is -5.08. The van der Waals surface area contributed by atoms with E-state index < -0.39 is 28.5 Å². The van der Waals surface area contributed by atoms with E-state index >= 15 is 0 Å². The summed E-state index contributed by atoms with van der Waals surface area (Å²) in [5.74, 6) is -2.42. The number of halogens is 3. The largest absolute Gasteiger partial charge is 0.490 e. The molecule has 0 saturated carbocycles. The van der Waals surface area contributed by atoms with Crippen LogP contribution >= 0.6 is 10.8 Å². The van der Waals surface area contributed by atoms with E-state index in [1.165, 1.54) is 6.07 Å². The van der Waals surface area contributed by atoms with Gasteiger partial charge in [-0.3, -0.25) is 13.9 Å². The quantitative estimate of drug-likeness (QED) is 0.290. The third-order valence-electron chi connectivity index (χ3n) is 5.66. The van der Waals surface area contributed by atoms with Gasteiger partial charge in [0, 0.05) is 26.1 Å². The molecular weight excluding hydrogens is 543 g/mol. The van der Waals surface area contributed by atoms with Crippen molar-refractivity contribution >= 4 is 22.7 Å². The van der Waals surface area contributed by atoms with Gasteiger partial charge in [-0.25, -0.2) is 14.5 Å². The standard InChI is InChI=1S/C22H23N5O4S.C2HF3O2/c1-22(20-13-24-14-27(20)2)16-7-6-15(12-23)19(10-16)31-17-4-3-5-18(11-17)32(29,30)25-9-8-21(28)26-22;3-2(4,5)1(6)7/h3-7,10-11,13-14,25,29-30H,8-9H2,1-2H3,(H,26,28);(H,6,7). The molecular formula is C24H24F3N5O6S. The number of aryl methyl sites for hydroxylation is 1. The molecule has 1 unspecified atom stereocenters. The van der Waals surface area contributed by atoms with Crippen LogP contribution in [0.5, 0.6) is 11.5 Å². The molecule has 5 N–H and O–H groups in total. The lowest BCUT2D eigenvalue weighted by Crippen LogP contribution is -2.46. The molecule has 1 aliphatic rings. The van der Waals surface area contributed by atoms with Crippen molar-refractivity contribution in [1.82, 2.24) is 19.6 Å². The molecule has 2 heterocycles. The number of hydrogen-bond acceptors (Lipinski definition) is 8. The number of aromatic nitrogens is 2. The molecule has 1 atom stereocenters. The number of carbonyl (C=O) groups is 2. The molecule has 1 amide bonds. The SMILES string of the molecule is Cn1cncc1C1(C)NC(=O)CCNS(O)(O)c2cccc(c2)Oc2cc1ccc2C#N.O=C(O)C(F)(F)F. The van der Waals surface area contributed by atoms with Crippen LogP contribution in [0.4, 0.5) is 13.2 Å². The number of rotatable bonds is 1. The van der Waals surface area contributed by atoms with Gasteiger partial charge in [0.05, 0.1) is 28.7 Å². The zero-order valence-electron chi connectivity index (χ0n) is 20.6. The van der Waals surface area contributed by atoms with Crippen molar-refractivity contribution in [3.63, 3.8) is 0 Å². The molecule has 0 fully saturated rings. The van der Waals surface area contributed by atoms with Crippen molar-refractivity contribution < 1.29 is 41.7 Å². The van der Waals surface area contributed by atoms with Gasteiger partial charge in [0.25, 0.3) is 0 Å². The average molecular weight is 568 g/mol. The fourth-order valence-electron chi connectivity index (χ4n) is 3.71. The van der Waals surface area contributed by atoms with E-state index in [2.05, 4.69) is 21.1 Å². The van der Waals surface area contributed by atoms with Crippen molar-refractivity contribution in [2.45, 2.75) is 30.0 Å². The first-order valence-corrected chi connectivity index (χ1v) is 12.7. The maximum atomic E-state index is 12.9. The van der Waals surface area contributed by atoms with Crippen LogP contribution in [0, 0.1) is 11.3 Å². The molecule has 0 saturated heterocycles. The first-order valence-electron chi connectivity index (χ1n) is 11.1. The van der Waals surface area contributed by atoms with E-state index in [0.29, 0.717) is 16.9 Å². The number of amides is 1.